The third kappa shape index (κ3) is 3.21. The van der Waals surface area contributed by atoms with Gasteiger partial charge in [0.1, 0.15) is 12.2 Å². The summed E-state index contributed by atoms with van der Waals surface area (Å²) in [6, 6.07) is 1.30. The van der Waals surface area contributed by atoms with Gasteiger partial charge in [0.15, 0.2) is 0 Å². The second-order valence-corrected chi connectivity index (χ2v) is 7.55. The summed E-state index contributed by atoms with van der Waals surface area (Å²) < 4.78 is 27.5. The number of fused-ring (bicyclic) bond motifs is 1. The summed E-state index contributed by atoms with van der Waals surface area (Å²) in [6.45, 7) is 6.32. The van der Waals surface area contributed by atoms with Crippen LogP contribution >= 0.6 is 0 Å². The molecule has 2 aliphatic heterocycles. The van der Waals surface area contributed by atoms with Crippen LogP contribution in [0.2, 0.25) is 0 Å². The normalized spacial score (nSPS) is 26.2. The third-order valence-corrected chi connectivity index (χ3v) is 5.80. The highest BCUT2D eigenvalue weighted by Gasteiger charge is 2.49. The molecule has 0 aromatic carbocycles. The Kier molecular flexibility index (Phi) is 5.03. The molecule has 3 rings (SSSR count). The highest BCUT2D eigenvalue weighted by Crippen LogP contribution is 2.39. The predicted octanol–water partition coefficient (Wildman–Crippen LogP) is 2.52. The van der Waals surface area contributed by atoms with E-state index in [1.165, 1.54) is 6.07 Å². The molecule has 26 heavy (non-hydrogen) atoms. The summed E-state index contributed by atoms with van der Waals surface area (Å²) in [5.41, 5.74) is -0.216. The van der Waals surface area contributed by atoms with Crippen molar-refractivity contribution < 1.29 is 18.4 Å². The van der Waals surface area contributed by atoms with E-state index < -0.39 is 12.0 Å². The van der Waals surface area contributed by atoms with Gasteiger partial charge in [0.05, 0.1) is 17.3 Å². The number of hydrogen-bond acceptors (Lipinski definition) is 3. The number of carbonyl (C=O) groups is 2. The van der Waals surface area contributed by atoms with Gasteiger partial charge in [-0.15, -0.1) is 0 Å². The zero-order chi connectivity index (χ0) is 19.1. The van der Waals surface area contributed by atoms with E-state index in [2.05, 4.69) is 5.10 Å². The zero-order valence-corrected chi connectivity index (χ0v) is 15.5. The molecule has 2 fully saturated rings. The van der Waals surface area contributed by atoms with Crippen LogP contribution < -0.4 is 0 Å². The summed E-state index contributed by atoms with van der Waals surface area (Å²) >= 11 is 0. The molecule has 1 aromatic heterocycles. The average Bonchev–Trinajstić information content (AvgIpc) is 2.93. The van der Waals surface area contributed by atoms with Crippen LogP contribution in [0.4, 0.5) is 8.78 Å². The van der Waals surface area contributed by atoms with Crippen molar-refractivity contribution in [3.05, 3.63) is 17.5 Å². The molecule has 3 heterocycles. The van der Waals surface area contributed by atoms with E-state index in [1.54, 1.807) is 18.7 Å². The van der Waals surface area contributed by atoms with E-state index in [0.717, 1.165) is 30.4 Å². The first kappa shape index (κ1) is 18.8. The molecule has 2 saturated heterocycles. The number of rotatable bonds is 3. The van der Waals surface area contributed by atoms with Crippen LogP contribution in [0.15, 0.2) is 6.07 Å². The van der Waals surface area contributed by atoms with E-state index in [9.17, 15) is 18.4 Å². The Morgan fingerprint density at radius 2 is 2.08 bits per heavy atom. The number of piperidine rings is 2. The van der Waals surface area contributed by atoms with Crippen LogP contribution in [0.25, 0.3) is 0 Å². The molecule has 6 nitrogen and oxygen atoms in total. The Hall–Kier alpha value is -1.99. The first-order valence-corrected chi connectivity index (χ1v) is 9.14. The highest BCUT2D eigenvalue weighted by molar-refractivity contribution is 5.78. The van der Waals surface area contributed by atoms with Gasteiger partial charge in [0, 0.05) is 20.0 Å². The lowest BCUT2D eigenvalue weighted by molar-refractivity contribution is -0.155. The number of halogens is 2. The molecule has 0 spiro atoms. The molecule has 0 N–H and O–H groups in total. The first-order valence-electron chi connectivity index (χ1n) is 9.14. The molecule has 8 heteroatoms. The quantitative estimate of drug-likeness (QED) is 0.824. The molecular formula is C18H26F2N4O2. The van der Waals surface area contributed by atoms with Crippen molar-refractivity contribution in [1.29, 1.82) is 0 Å². The van der Waals surface area contributed by atoms with E-state index >= 15 is 0 Å². The fourth-order valence-corrected chi connectivity index (χ4v) is 4.61. The van der Waals surface area contributed by atoms with Gasteiger partial charge in [-0.3, -0.25) is 14.3 Å². The zero-order valence-electron chi connectivity index (χ0n) is 15.5. The number of aromatic nitrogens is 2. The second kappa shape index (κ2) is 6.96. The lowest BCUT2D eigenvalue weighted by atomic mass is 9.76. The number of carbonyl (C=O) groups excluding carboxylic acids is 2. The van der Waals surface area contributed by atoms with Crippen molar-refractivity contribution in [3.63, 3.8) is 0 Å². The number of aryl methyl sites for hydroxylation is 1. The molecule has 0 bridgehead atoms. The monoisotopic (exact) mass is 368 g/mol. The second-order valence-electron chi connectivity index (χ2n) is 7.55. The van der Waals surface area contributed by atoms with Crippen molar-refractivity contribution >= 4 is 11.8 Å². The summed E-state index contributed by atoms with van der Waals surface area (Å²) in [5, 5.41) is 4.06. The molecular weight excluding hydrogens is 342 g/mol. The molecule has 0 aliphatic carbocycles. The molecule has 144 valence electrons. The van der Waals surface area contributed by atoms with Crippen LogP contribution in [-0.4, -0.2) is 56.1 Å². The van der Waals surface area contributed by atoms with Gasteiger partial charge >= 0.3 is 0 Å². The smallest absolute Gasteiger partial charge is 0.280 e. The summed E-state index contributed by atoms with van der Waals surface area (Å²) in [6.07, 6.45) is 0.641. The van der Waals surface area contributed by atoms with Gasteiger partial charge in [0.25, 0.3) is 6.43 Å². The number of likely N-dealkylation sites (tertiary alicyclic amines) is 2. The van der Waals surface area contributed by atoms with Gasteiger partial charge in [-0.05, 0) is 45.6 Å². The first-order chi connectivity index (χ1) is 12.2. The van der Waals surface area contributed by atoms with Crippen LogP contribution in [0.5, 0.6) is 0 Å². The standard InChI is InChI=1S/C18H26F2N4O2/c1-12-10-14(17(19)20)24(21-12)11-16(26)23-9-4-6-15-18(23,3)7-5-8-22(15)13(2)25/h10,15,17H,4-9,11H2,1-3H3/t15-,18+/m1/s1. The largest absolute Gasteiger partial charge is 0.338 e. The minimum absolute atomic E-state index is 0.0135. The Morgan fingerprint density at radius 3 is 2.73 bits per heavy atom. The molecule has 0 radical (unpaired) electrons. The SMILES string of the molecule is CC(=O)N1CCC[C@@]2(C)[C@H]1CCCN2C(=O)Cn1nc(C)cc1C(F)F. The lowest BCUT2D eigenvalue weighted by Gasteiger charge is -2.56. The van der Waals surface area contributed by atoms with Gasteiger partial charge < -0.3 is 9.80 Å². The van der Waals surface area contributed by atoms with Gasteiger partial charge in [-0.1, -0.05) is 0 Å². The summed E-state index contributed by atoms with van der Waals surface area (Å²) in [5.74, 6) is -0.189. The molecule has 0 saturated carbocycles. The molecule has 1 aromatic rings. The minimum atomic E-state index is -2.67. The minimum Gasteiger partial charge on any atom is -0.338 e. The maximum Gasteiger partial charge on any atom is 0.280 e. The third-order valence-electron chi connectivity index (χ3n) is 5.80. The topological polar surface area (TPSA) is 58.4 Å². The van der Waals surface area contributed by atoms with Gasteiger partial charge in [0.2, 0.25) is 11.8 Å². The van der Waals surface area contributed by atoms with Crippen LogP contribution in [0.3, 0.4) is 0 Å². The maximum atomic E-state index is 13.2. The molecule has 2 atom stereocenters. The van der Waals surface area contributed by atoms with Gasteiger partial charge in [-0.2, -0.15) is 5.10 Å². The number of amides is 2. The van der Waals surface area contributed by atoms with Crippen LogP contribution in [0, 0.1) is 6.92 Å². The van der Waals surface area contributed by atoms with Crippen molar-refractivity contribution in [2.24, 2.45) is 0 Å². The van der Waals surface area contributed by atoms with E-state index in [-0.39, 0.29) is 30.1 Å². The Morgan fingerprint density at radius 1 is 1.35 bits per heavy atom. The summed E-state index contributed by atoms with van der Waals surface area (Å²) in [7, 11) is 0. The lowest BCUT2D eigenvalue weighted by Crippen LogP contribution is -2.68. The van der Waals surface area contributed by atoms with Crippen molar-refractivity contribution in [1.82, 2.24) is 19.6 Å². The Labute approximate surface area is 152 Å². The van der Waals surface area contributed by atoms with E-state index in [4.69, 9.17) is 0 Å². The summed E-state index contributed by atoms with van der Waals surface area (Å²) in [4.78, 5) is 28.7. The maximum absolute atomic E-state index is 13.2. The van der Waals surface area contributed by atoms with Crippen molar-refractivity contribution in [2.45, 2.75) is 71.0 Å². The Balaban J connectivity index is 1.84. The van der Waals surface area contributed by atoms with E-state index in [0.29, 0.717) is 18.8 Å². The number of nitrogens with zero attached hydrogens (tertiary/aromatic N) is 4. The highest BCUT2D eigenvalue weighted by atomic mass is 19.3. The van der Waals surface area contributed by atoms with Crippen molar-refractivity contribution in [2.75, 3.05) is 13.1 Å². The fourth-order valence-electron chi connectivity index (χ4n) is 4.61. The van der Waals surface area contributed by atoms with Crippen molar-refractivity contribution in [3.8, 4) is 0 Å². The molecule has 2 aliphatic rings. The molecule has 2 amide bonds. The Bertz CT molecular complexity index is 705. The number of alkyl halides is 2. The van der Waals surface area contributed by atoms with E-state index in [1.807, 2.05) is 11.8 Å². The number of hydrogen-bond donors (Lipinski definition) is 0. The average molecular weight is 368 g/mol. The molecule has 0 unspecified atom stereocenters. The van der Waals surface area contributed by atoms with Gasteiger partial charge in [-0.25, -0.2) is 8.78 Å². The van der Waals surface area contributed by atoms with Crippen LogP contribution in [-0.2, 0) is 16.1 Å². The fraction of sp³-hybridized carbons (Fsp3) is 0.722. The van der Waals surface area contributed by atoms with Crippen LogP contribution in [0.1, 0.15) is 57.3 Å². The predicted molar refractivity (Wildman–Crippen MR) is 91.7 cm³/mol.